The number of rotatable bonds is 4. The molecule has 1 aliphatic heterocycles. The minimum Gasteiger partial charge on any atom is -0.350 e. The average molecular weight is 396 g/mol. The van der Waals surface area contributed by atoms with Crippen LogP contribution in [-0.4, -0.2) is 11.8 Å². The highest BCUT2D eigenvalue weighted by atomic mass is 16.2. The second-order valence-corrected chi connectivity index (χ2v) is 7.77. The molecule has 1 heterocycles. The minimum atomic E-state index is -0.345. The van der Waals surface area contributed by atoms with Gasteiger partial charge in [0.25, 0.3) is 11.8 Å². The maximum Gasteiger partial charge on any atom is 0.282 e. The second-order valence-electron chi connectivity index (χ2n) is 7.77. The van der Waals surface area contributed by atoms with Gasteiger partial charge in [0.1, 0.15) is 5.70 Å². The van der Waals surface area contributed by atoms with Gasteiger partial charge in [0.15, 0.2) is 0 Å². The van der Waals surface area contributed by atoms with Crippen LogP contribution >= 0.6 is 0 Å². The van der Waals surface area contributed by atoms with Gasteiger partial charge in [-0.15, -0.1) is 0 Å². The van der Waals surface area contributed by atoms with Crippen LogP contribution in [0.25, 0.3) is 5.57 Å². The Bertz CT molecular complexity index is 1190. The number of nitrogens with zero attached hydrogens (tertiary/aromatic N) is 1. The van der Waals surface area contributed by atoms with E-state index in [2.05, 4.69) is 5.32 Å². The Morgan fingerprint density at radius 2 is 1.40 bits per heavy atom. The molecule has 2 amide bonds. The highest BCUT2D eigenvalue weighted by Crippen LogP contribution is 2.35. The summed E-state index contributed by atoms with van der Waals surface area (Å²) in [6.45, 7) is 7.95. The third-order valence-electron chi connectivity index (χ3n) is 5.58. The van der Waals surface area contributed by atoms with E-state index in [1.165, 1.54) is 4.90 Å². The van der Waals surface area contributed by atoms with Crippen molar-refractivity contribution >= 4 is 28.8 Å². The summed E-state index contributed by atoms with van der Waals surface area (Å²) in [4.78, 5) is 28.2. The molecule has 0 radical (unpaired) electrons. The van der Waals surface area contributed by atoms with Crippen molar-refractivity contribution in [3.63, 3.8) is 0 Å². The molecule has 0 fully saturated rings. The Balaban J connectivity index is 1.84. The van der Waals surface area contributed by atoms with Crippen molar-refractivity contribution in [1.29, 1.82) is 0 Å². The zero-order chi connectivity index (χ0) is 21.4. The van der Waals surface area contributed by atoms with E-state index < -0.39 is 0 Å². The van der Waals surface area contributed by atoms with Crippen molar-refractivity contribution in [3.05, 3.63) is 100 Å². The Labute approximate surface area is 176 Å². The number of amides is 2. The monoisotopic (exact) mass is 396 g/mol. The summed E-state index contributed by atoms with van der Waals surface area (Å²) in [6.07, 6.45) is 0. The zero-order valence-corrected chi connectivity index (χ0v) is 17.6. The maximum absolute atomic E-state index is 13.5. The van der Waals surface area contributed by atoms with E-state index in [9.17, 15) is 9.59 Å². The van der Waals surface area contributed by atoms with Crippen LogP contribution in [0, 0.1) is 27.7 Å². The molecule has 0 atom stereocenters. The number of hydrogen-bond donors (Lipinski definition) is 1. The number of aryl methyl sites for hydroxylation is 4. The molecule has 0 aliphatic carbocycles. The van der Waals surface area contributed by atoms with Crippen molar-refractivity contribution in [2.45, 2.75) is 27.7 Å². The first-order valence-corrected chi connectivity index (χ1v) is 9.97. The standard InChI is InChI=1S/C26H24N2O2/c1-16-9-12-20(13-10-16)23-24(27-22-8-6-5-7-18(22)3)26(30)28(25(23)29)21-14-11-17(2)19(4)15-21/h5-15,27H,1-4H3. The van der Waals surface area contributed by atoms with Crippen LogP contribution in [0.4, 0.5) is 11.4 Å². The molecule has 0 saturated heterocycles. The number of para-hydroxylation sites is 1. The fourth-order valence-electron chi connectivity index (χ4n) is 3.58. The molecule has 4 nitrogen and oxygen atoms in total. The van der Waals surface area contributed by atoms with Gasteiger partial charge in [-0.25, -0.2) is 4.90 Å². The number of imide groups is 1. The predicted octanol–water partition coefficient (Wildman–Crippen LogP) is 5.32. The number of nitrogens with one attached hydrogen (secondary N) is 1. The summed E-state index contributed by atoms with van der Waals surface area (Å²) in [7, 11) is 0. The summed E-state index contributed by atoms with van der Waals surface area (Å²) in [5.41, 5.74) is 7.04. The van der Waals surface area contributed by atoms with Crippen molar-refractivity contribution in [1.82, 2.24) is 0 Å². The molecule has 0 saturated carbocycles. The molecule has 0 unspecified atom stereocenters. The SMILES string of the molecule is Cc1ccc(C2=C(Nc3ccccc3C)C(=O)N(c3ccc(C)c(C)c3)C2=O)cc1. The molecule has 4 rings (SSSR count). The van der Waals surface area contributed by atoms with Gasteiger partial charge in [0, 0.05) is 5.69 Å². The van der Waals surface area contributed by atoms with Crippen LogP contribution in [0.2, 0.25) is 0 Å². The molecule has 0 aromatic heterocycles. The van der Waals surface area contributed by atoms with E-state index in [0.29, 0.717) is 17.0 Å². The molecule has 1 N–H and O–H groups in total. The van der Waals surface area contributed by atoms with Crippen molar-refractivity contribution in [3.8, 4) is 0 Å². The second kappa shape index (κ2) is 7.64. The first-order chi connectivity index (χ1) is 14.4. The quantitative estimate of drug-likeness (QED) is 0.608. The lowest BCUT2D eigenvalue weighted by molar-refractivity contribution is -0.120. The Morgan fingerprint density at radius 1 is 0.700 bits per heavy atom. The highest BCUT2D eigenvalue weighted by Gasteiger charge is 2.40. The number of carbonyl (C=O) groups is 2. The summed E-state index contributed by atoms with van der Waals surface area (Å²) >= 11 is 0. The first kappa shape index (κ1) is 19.6. The van der Waals surface area contributed by atoms with Crippen molar-refractivity contribution < 1.29 is 9.59 Å². The lowest BCUT2D eigenvalue weighted by atomic mass is 10.0. The molecule has 3 aromatic rings. The molecule has 1 aliphatic rings. The summed E-state index contributed by atoms with van der Waals surface area (Å²) in [5.74, 6) is -0.662. The van der Waals surface area contributed by atoms with E-state index in [4.69, 9.17) is 0 Å². The largest absolute Gasteiger partial charge is 0.350 e. The van der Waals surface area contributed by atoms with Crippen LogP contribution in [-0.2, 0) is 9.59 Å². The van der Waals surface area contributed by atoms with Gasteiger partial charge in [0.2, 0.25) is 0 Å². The van der Waals surface area contributed by atoms with E-state index in [1.54, 1.807) is 0 Å². The van der Waals surface area contributed by atoms with Crippen molar-refractivity contribution in [2.75, 3.05) is 10.2 Å². The summed E-state index contributed by atoms with van der Waals surface area (Å²) in [6, 6.07) is 21.0. The highest BCUT2D eigenvalue weighted by molar-refractivity contribution is 6.46. The van der Waals surface area contributed by atoms with Gasteiger partial charge in [-0.05, 0) is 68.1 Å². The van der Waals surface area contributed by atoms with Gasteiger partial charge in [-0.2, -0.15) is 0 Å². The minimum absolute atomic E-state index is 0.302. The number of carbonyl (C=O) groups excluding carboxylic acids is 2. The van der Waals surface area contributed by atoms with Gasteiger partial charge in [0.05, 0.1) is 11.3 Å². The Hall–Kier alpha value is -3.66. The summed E-state index contributed by atoms with van der Waals surface area (Å²) in [5, 5.41) is 3.25. The normalized spacial score (nSPS) is 13.9. The van der Waals surface area contributed by atoms with Crippen molar-refractivity contribution in [2.24, 2.45) is 0 Å². The number of hydrogen-bond acceptors (Lipinski definition) is 3. The Morgan fingerprint density at radius 3 is 2.07 bits per heavy atom. The van der Waals surface area contributed by atoms with Gasteiger partial charge in [-0.1, -0.05) is 54.1 Å². The number of benzene rings is 3. The van der Waals surface area contributed by atoms with E-state index in [0.717, 1.165) is 33.5 Å². The molecular weight excluding hydrogens is 372 g/mol. The smallest absolute Gasteiger partial charge is 0.282 e. The van der Waals surface area contributed by atoms with Crippen LogP contribution in [0.5, 0.6) is 0 Å². The lowest BCUT2D eigenvalue weighted by Crippen LogP contribution is -2.32. The average Bonchev–Trinajstić information content (AvgIpc) is 2.96. The van der Waals surface area contributed by atoms with Crippen LogP contribution in [0.3, 0.4) is 0 Å². The van der Waals surface area contributed by atoms with E-state index in [1.807, 2.05) is 94.4 Å². The zero-order valence-electron chi connectivity index (χ0n) is 17.6. The van der Waals surface area contributed by atoms with Crippen LogP contribution in [0.15, 0.2) is 72.4 Å². The maximum atomic E-state index is 13.5. The third kappa shape index (κ3) is 3.41. The van der Waals surface area contributed by atoms with E-state index >= 15 is 0 Å². The van der Waals surface area contributed by atoms with Gasteiger partial charge in [-0.3, -0.25) is 9.59 Å². The molecule has 30 heavy (non-hydrogen) atoms. The molecule has 150 valence electrons. The van der Waals surface area contributed by atoms with Crippen LogP contribution < -0.4 is 10.2 Å². The van der Waals surface area contributed by atoms with E-state index in [-0.39, 0.29) is 11.8 Å². The molecule has 3 aromatic carbocycles. The van der Waals surface area contributed by atoms with Gasteiger partial charge < -0.3 is 5.32 Å². The third-order valence-corrected chi connectivity index (χ3v) is 5.58. The van der Waals surface area contributed by atoms with Gasteiger partial charge >= 0.3 is 0 Å². The summed E-state index contributed by atoms with van der Waals surface area (Å²) < 4.78 is 0. The van der Waals surface area contributed by atoms with Crippen LogP contribution in [0.1, 0.15) is 27.8 Å². The molecule has 0 bridgehead atoms. The molecule has 0 spiro atoms. The first-order valence-electron chi connectivity index (χ1n) is 9.97. The lowest BCUT2D eigenvalue weighted by Gasteiger charge is -2.17. The molecular formula is C26H24N2O2. The fraction of sp³-hybridized carbons (Fsp3) is 0.154. The predicted molar refractivity (Wildman–Crippen MR) is 121 cm³/mol. The molecule has 4 heteroatoms. The fourth-order valence-corrected chi connectivity index (χ4v) is 3.58. The Kier molecular flexibility index (Phi) is 5.00. The topological polar surface area (TPSA) is 49.4 Å². The number of anilines is 2.